The van der Waals surface area contributed by atoms with Gasteiger partial charge in [0.2, 0.25) is 0 Å². The first-order valence-corrected chi connectivity index (χ1v) is 5.47. The van der Waals surface area contributed by atoms with Gasteiger partial charge in [0.1, 0.15) is 11.8 Å². The summed E-state index contributed by atoms with van der Waals surface area (Å²) in [6.07, 6.45) is 1.49. The number of amides is 1. The summed E-state index contributed by atoms with van der Waals surface area (Å²) in [4.78, 5) is 16.4. The zero-order valence-electron chi connectivity index (χ0n) is 10.3. The number of aromatic nitrogens is 1. The van der Waals surface area contributed by atoms with E-state index in [1.54, 1.807) is 13.8 Å². The molecular weight excluding hydrogens is 218 g/mol. The minimum atomic E-state index is -0.934. The Balaban J connectivity index is 2.83. The van der Waals surface area contributed by atoms with Crippen LogP contribution in [0.1, 0.15) is 36.8 Å². The number of rotatable bonds is 4. The Morgan fingerprint density at radius 3 is 2.71 bits per heavy atom. The zero-order chi connectivity index (χ0) is 13.1. The summed E-state index contributed by atoms with van der Waals surface area (Å²) in [6.45, 7) is 5.90. The lowest BCUT2D eigenvalue weighted by Crippen LogP contribution is -2.42. The van der Waals surface area contributed by atoms with Crippen molar-refractivity contribution in [3.63, 3.8) is 0 Å². The van der Waals surface area contributed by atoms with Gasteiger partial charge in [-0.05, 0) is 26.8 Å². The maximum Gasteiger partial charge on any atom is 0.270 e. The van der Waals surface area contributed by atoms with Gasteiger partial charge >= 0.3 is 0 Å². The highest BCUT2D eigenvalue weighted by Crippen LogP contribution is 2.10. The zero-order valence-corrected chi connectivity index (χ0v) is 10.3. The standard InChI is InChI=1S/C12H17N3O2/c1-4-15(8-12(2,3)17)11(16)10-5-9(6-13)7-14-10/h5,7,14,17H,4,8H2,1-3H3. The van der Waals surface area contributed by atoms with Crippen LogP contribution < -0.4 is 0 Å². The van der Waals surface area contributed by atoms with Crippen molar-refractivity contribution in [3.05, 3.63) is 23.5 Å². The quantitative estimate of drug-likeness (QED) is 0.820. The predicted molar refractivity (Wildman–Crippen MR) is 63.4 cm³/mol. The molecule has 0 saturated heterocycles. The van der Waals surface area contributed by atoms with Crippen molar-refractivity contribution < 1.29 is 9.90 Å². The van der Waals surface area contributed by atoms with Crippen LogP contribution in [0.25, 0.3) is 0 Å². The molecule has 1 aromatic rings. The van der Waals surface area contributed by atoms with E-state index < -0.39 is 5.60 Å². The highest BCUT2D eigenvalue weighted by molar-refractivity contribution is 5.92. The van der Waals surface area contributed by atoms with Crippen LogP contribution in [0.4, 0.5) is 0 Å². The van der Waals surface area contributed by atoms with E-state index in [-0.39, 0.29) is 12.5 Å². The maximum absolute atomic E-state index is 12.1. The number of carbonyl (C=O) groups is 1. The average Bonchev–Trinajstić information content (AvgIpc) is 2.72. The number of hydrogen-bond donors (Lipinski definition) is 2. The first-order valence-electron chi connectivity index (χ1n) is 5.47. The molecule has 1 rings (SSSR count). The number of likely N-dealkylation sites (N-methyl/N-ethyl adjacent to an activating group) is 1. The highest BCUT2D eigenvalue weighted by Gasteiger charge is 2.23. The third-order valence-corrected chi connectivity index (χ3v) is 2.29. The van der Waals surface area contributed by atoms with E-state index in [1.165, 1.54) is 17.2 Å². The van der Waals surface area contributed by atoms with Crippen molar-refractivity contribution >= 4 is 5.91 Å². The fraction of sp³-hybridized carbons (Fsp3) is 0.500. The molecule has 0 aliphatic heterocycles. The monoisotopic (exact) mass is 235 g/mol. The second-order valence-corrected chi connectivity index (χ2v) is 4.55. The number of carbonyl (C=O) groups excluding carboxylic acids is 1. The molecule has 0 saturated carbocycles. The molecular formula is C12H17N3O2. The van der Waals surface area contributed by atoms with Crippen LogP contribution in [0.15, 0.2) is 12.3 Å². The molecule has 1 heterocycles. The second-order valence-electron chi connectivity index (χ2n) is 4.55. The summed E-state index contributed by atoms with van der Waals surface area (Å²) < 4.78 is 0. The first-order chi connectivity index (χ1) is 7.87. The summed E-state index contributed by atoms with van der Waals surface area (Å²) in [6, 6.07) is 3.47. The maximum atomic E-state index is 12.1. The number of nitriles is 1. The van der Waals surface area contributed by atoms with Crippen molar-refractivity contribution in [1.82, 2.24) is 9.88 Å². The fourth-order valence-electron chi connectivity index (χ4n) is 1.55. The molecule has 0 unspecified atom stereocenters. The molecule has 0 radical (unpaired) electrons. The smallest absolute Gasteiger partial charge is 0.270 e. The number of aromatic amines is 1. The minimum Gasteiger partial charge on any atom is -0.389 e. The van der Waals surface area contributed by atoms with Crippen molar-refractivity contribution in [3.8, 4) is 6.07 Å². The molecule has 0 spiro atoms. The molecule has 5 heteroatoms. The Labute approximate surface area is 101 Å². The molecule has 1 amide bonds. The molecule has 0 bridgehead atoms. The molecule has 0 atom stereocenters. The van der Waals surface area contributed by atoms with Crippen LogP contribution in [0.2, 0.25) is 0 Å². The summed E-state index contributed by atoms with van der Waals surface area (Å²) in [5.74, 6) is -0.212. The van der Waals surface area contributed by atoms with Crippen LogP contribution in [0, 0.1) is 11.3 Å². The van der Waals surface area contributed by atoms with Crippen molar-refractivity contribution in [2.45, 2.75) is 26.4 Å². The largest absolute Gasteiger partial charge is 0.389 e. The van der Waals surface area contributed by atoms with Gasteiger partial charge in [-0.3, -0.25) is 4.79 Å². The lowest BCUT2D eigenvalue weighted by molar-refractivity contribution is 0.0312. The first kappa shape index (κ1) is 13.3. The van der Waals surface area contributed by atoms with E-state index in [1.807, 2.05) is 13.0 Å². The minimum absolute atomic E-state index is 0.212. The number of hydrogen-bond acceptors (Lipinski definition) is 3. The topological polar surface area (TPSA) is 80.1 Å². The predicted octanol–water partition coefficient (Wildman–Crippen LogP) is 1.12. The van der Waals surface area contributed by atoms with Gasteiger partial charge in [0.05, 0.1) is 11.2 Å². The normalized spacial score (nSPS) is 11.0. The van der Waals surface area contributed by atoms with Crippen molar-refractivity contribution in [2.24, 2.45) is 0 Å². The van der Waals surface area contributed by atoms with Crippen LogP contribution in [-0.4, -0.2) is 39.6 Å². The fourth-order valence-corrected chi connectivity index (χ4v) is 1.55. The van der Waals surface area contributed by atoms with Gasteiger partial charge in [-0.25, -0.2) is 0 Å². The third kappa shape index (κ3) is 3.61. The molecule has 2 N–H and O–H groups in total. The average molecular weight is 235 g/mol. The number of aliphatic hydroxyl groups is 1. The number of H-pyrrole nitrogens is 1. The molecule has 17 heavy (non-hydrogen) atoms. The van der Waals surface area contributed by atoms with Gasteiger partial charge in [0.15, 0.2) is 0 Å². The van der Waals surface area contributed by atoms with Crippen LogP contribution in [0.5, 0.6) is 0 Å². The van der Waals surface area contributed by atoms with Gasteiger partial charge in [-0.15, -0.1) is 0 Å². The summed E-state index contributed by atoms with van der Waals surface area (Å²) >= 11 is 0. The van der Waals surface area contributed by atoms with Crippen LogP contribution in [-0.2, 0) is 0 Å². The van der Waals surface area contributed by atoms with E-state index in [0.717, 1.165) is 0 Å². The molecule has 1 aromatic heterocycles. The molecule has 92 valence electrons. The van der Waals surface area contributed by atoms with Crippen LogP contribution >= 0.6 is 0 Å². The van der Waals surface area contributed by atoms with Gasteiger partial charge in [-0.2, -0.15) is 5.26 Å². The Kier molecular flexibility index (Phi) is 3.92. The molecule has 0 aliphatic carbocycles. The van der Waals surface area contributed by atoms with Crippen LogP contribution in [0.3, 0.4) is 0 Å². The summed E-state index contributed by atoms with van der Waals surface area (Å²) in [5.41, 5.74) is -0.142. The van der Waals surface area contributed by atoms with Gasteiger partial charge in [0.25, 0.3) is 5.91 Å². The summed E-state index contributed by atoms with van der Waals surface area (Å²) in [7, 11) is 0. The molecule has 0 aliphatic rings. The number of nitrogens with zero attached hydrogens (tertiary/aromatic N) is 2. The Morgan fingerprint density at radius 1 is 1.65 bits per heavy atom. The van der Waals surface area contributed by atoms with E-state index in [4.69, 9.17) is 5.26 Å². The van der Waals surface area contributed by atoms with E-state index in [0.29, 0.717) is 17.8 Å². The second kappa shape index (κ2) is 5.02. The molecule has 0 fully saturated rings. The SMILES string of the molecule is CCN(CC(C)(C)O)C(=O)c1cc(C#N)c[nH]1. The highest BCUT2D eigenvalue weighted by atomic mass is 16.3. The lowest BCUT2D eigenvalue weighted by atomic mass is 10.1. The Hall–Kier alpha value is -1.80. The summed E-state index contributed by atoms with van der Waals surface area (Å²) in [5, 5.41) is 18.4. The van der Waals surface area contributed by atoms with Crippen molar-refractivity contribution in [2.75, 3.05) is 13.1 Å². The molecule has 5 nitrogen and oxygen atoms in total. The van der Waals surface area contributed by atoms with Gasteiger partial charge < -0.3 is 15.0 Å². The van der Waals surface area contributed by atoms with Gasteiger partial charge in [-0.1, -0.05) is 0 Å². The Bertz CT molecular complexity index is 437. The number of nitrogens with one attached hydrogen (secondary N) is 1. The van der Waals surface area contributed by atoms with Gasteiger partial charge in [0, 0.05) is 19.3 Å². The molecule has 0 aromatic carbocycles. The Morgan fingerprint density at radius 2 is 2.29 bits per heavy atom. The van der Waals surface area contributed by atoms with E-state index >= 15 is 0 Å². The van der Waals surface area contributed by atoms with Crippen molar-refractivity contribution in [1.29, 1.82) is 5.26 Å². The third-order valence-electron chi connectivity index (χ3n) is 2.29. The van der Waals surface area contributed by atoms with E-state index in [9.17, 15) is 9.90 Å². The lowest BCUT2D eigenvalue weighted by Gasteiger charge is -2.27. The van der Waals surface area contributed by atoms with E-state index in [2.05, 4.69) is 4.98 Å².